The second kappa shape index (κ2) is 8.69. The van der Waals surface area contributed by atoms with E-state index in [-0.39, 0.29) is 12.4 Å². The van der Waals surface area contributed by atoms with Gasteiger partial charge in [0.25, 0.3) is 0 Å². The van der Waals surface area contributed by atoms with Gasteiger partial charge in [0.1, 0.15) is 11.9 Å². The first-order valence-electron chi connectivity index (χ1n) is 9.65. The predicted octanol–water partition coefficient (Wildman–Crippen LogP) is 1.91. The molecule has 1 amide bonds. The number of anilines is 1. The van der Waals surface area contributed by atoms with Crippen LogP contribution in [-0.2, 0) is 19.6 Å². The molecule has 12 heteroatoms. The van der Waals surface area contributed by atoms with Gasteiger partial charge in [0.15, 0.2) is 9.04 Å². The van der Waals surface area contributed by atoms with Crippen molar-refractivity contribution in [3.8, 4) is 0 Å². The topological polar surface area (TPSA) is 112 Å². The number of rotatable bonds is 6. The molecular weight excluding hydrogens is 420 g/mol. The first-order valence-corrected chi connectivity index (χ1v) is 12.4. The lowest BCUT2D eigenvalue weighted by Gasteiger charge is -2.36. The molecule has 170 valence electrons. The number of hydrogen-bond acceptors (Lipinski definition) is 7. The Balaban J connectivity index is 2.54. The molecule has 0 radical (unpaired) electrons. The highest BCUT2D eigenvalue weighted by molar-refractivity contribution is 6.48. The van der Waals surface area contributed by atoms with Crippen LogP contribution in [0.5, 0.6) is 0 Å². The lowest BCUT2D eigenvalue weighted by molar-refractivity contribution is -0.237. The number of nitrogens with zero attached hydrogens (tertiary/aromatic N) is 2. The number of carbonyl (C=O) groups is 1. The molecule has 1 fully saturated rings. The summed E-state index contributed by atoms with van der Waals surface area (Å²) in [7, 11) is -1.79. The third-order valence-corrected chi connectivity index (χ3v) is 5.50. The third-order valence-electron chi connectivity index (χ3n) is 4.67. The standard InChI is InChI=1S/C18H29F2N3O6Si/c1-7-27-15(26)22-11-8-9-23(14(25)21-11)17(10-28-30(5)6)18(19,20)12(24)13(29-17)16(2,3)4/h8-9,12-13,24,30H,7,10H2,1-6H3,(H,21,22,25,26)/t12-,13+,17-/m1/s1. The summed E-state index contributed by atoms with van der Waals surface area (Å²) in [6.45, 7) is 9.59. The molecule has 1 aromatic rings. The van der Waals surface area contributed by atoms with Crippen LogP contribution in [0.4, 0.5) is 19.4 Å². The van der Waals surface area contributed by atoms with Gasteiger partial charge in [0, 0.05) is 6.20 Å². The maximum Gasteiger partial charge on any atom is 0.412 e. The van der Waals surface area contributed by atoms with E-state index >= 15 is 8.78 Å². The molecule has 2 heterocycles. The molecule has 2 N–H and O–H groups in total. The van der Waals surface area contributed by atoms with Crippen molar-refractivity contribution in [1.29, 1.82) is 0 Å². The van der Waals surface area contributed by atoms with Gasteiger partial charge < -0.3 is 19.0 Å². The number of aliphatic hydroxyl groups is 1. The Morgan fingerprint density at radius 2 is 2.07 bits per heavy atom. The van der Waals surface area contributed by atoms with Crippen LogP contribution in [0.3, 0.4) is 0 Å². The number of nitrogens with one attached hydrogen (secondary N) is 1. The lowest BCUT2D eigenvalue weighted by atomic mass is 9.84. The molecule has 9 nitrogen and oxygen atoms in total. The van der Waals surface area contributed by atoms with Gasteiger partial charge in [0.2, 0.25) is 5.72 Å². The van der Waals surface area contributed by atoms with E-state index in [1.807, 2.05) is 0 Å². The quantitative estimate of drug-likeness (QED) is 0.638. The minimum absolute atomic E-state index is 0.106. The highest BCUT2D eigenvalue weighted by Gasteiger charge is 2.71. The van der Waals surface area contributed by atoms with Gasteiger partial charge >= 0.3 is 17.7 Å². The molecular formula is C18H29F2N3O6Si. The van der Waals surface area contributed by atoms with Crippen LogP contribution in [-0.4, -0.2) is 61.1 Å². The summed E-state index contributed by atoms with van der Waals surface area (Å²) in [5.74, 6) is -4.02. The van der Waals surface area contributed by atoms with E-state index in [9.17, 15) is 14.7 Å². The van der Waals surface area contributed by atoms with Crippen LogP contribution in [0, 0.1) is 5.41 Å². The molecule has 0 unspecified atom stereocenters. The van der Waals surface area contributed by atoms with Crippen molar-refractivity contribution < 1.29 is 32.6 Å². The number of alkyl halides is 2. The number of aliphatic hydroxyl groups excluding tert-OH is 1. The van der Waals surface area contributed by atoms with Crippen molar-refractivity contribution in [2.45, 2.75) is 64.6 Å². The molecule has 1 saturated heterocycles. The molecule has 0 bridgehead atoms. The van der Waals surface area contributed by atoms with Crippen LogP contribution in [0.2, 0.25) is 13.1 Å². The molecule has 0 saturated carbocycles. The average Bonchev–Trinajstić information content (AvgIpc) is 2.81. The van der Waals surface area contributed by atoms with E-state index in [4.69, 9.17) is 13.9 Å². The Labute approximate surface area is 175 Å². The summed E-state index contributed by atoms with van der Waals surface area (Å²) in [6, 6.07) is 1.17. The van der Waals surface area contributed by atoms with Gasteiger partial charge in [-0.05, 0) is 31.5 Å². The highest BCUT2D eigenvalue weighted by Crippen LogP contribution is 2.51. The van der Waals surface area contributed by atoms with Crippen LogP contribution in [0.15, 0.2) is 17.1 Å². The Kier molecular flexibility index (Phi) is 7.06. The van der Waals surface area contributed by atoms with E-state index in [1.54, 1.807) is 40.8 Å². The molecule has 0 aliphatic carbocycles. The molecule has 2 rings (SSSR count). The van der Waals surface area contributed by atoms with Crippen LogP contribution < -0.4 is 11.0 Å². The number of ether oxygens (including phenoxy) is 2. The van der Waals surface area contributed by atoms with Crippen LogP contribution in [0.25, 0.3) is 0 Å². The molecule has 1 aliphatic heterocycles. The van der Waals surface area contributed by atoms with Gasteiger partial charge in [-0.15, -0.1) is 0 Å². The molecule has 0 spiro atoms. The molecule has 3 atom stereocenters. The molecule has 1 aliphatic rings. The van der Waals surface area contributed by atoms with Crippen molar-refractivity contribution in [2.24, 2.45) is 5.41 Å². The van der Waals surface area contributed by atoms with E-state index in [1.165, 1.54) is 6.07 Å². The summed E-state index contributed by atoms with van der Waals surface area (Å²) in [4.78, 5) is 27.9. The average molecular weight is 450 g/mol. The van der Waals surface area contributed by atoms with E-state index in [0.717, 1.165) is 6.20 Å². The monoisotopic (exact) mass is 449 g/mol. The Hall–Kier alpha value is -1.89. The van der Waals surface area contributed by atoms with Crippen LogP contribution in [0.1, 0.15) is 27.7 Å². The largest absolute Gasteiger partial charge is 0.450 e. The second-order valence-electron chi connectivity index (χ2n) is 8.43. The zero-order valence-corrected chi connectivity index (χ0v) is 19.1. The number of hydrogen-bond donors (Lipinski definition) is 2. The number of amides is 1. The number of carbonyl (C=O) groups excluding carboxylic acids is 1. The normalized spacial score (nSPS) is 26.1. The maximum atomic E-state index is 15.4. The summed E-state index contributed by atoms with van der Waals surface area (Å²) in [5, 5.41) is 12.6. The summed E-state index contributed by atoms with van der Waals surface area (Å²) in [5.41, 5.74) is -4.53. The minimum Gasteiger partial charge on any atom is -0.450 e. The van der Waals surface area contributed by atoms with Gasteiger partial charge in [-0.25, -0.2) is 9.59 Å². The fourth-order valence-corrected chi connectivity index (χ4v) is 3.70. The van der Waals surface area contributed by atoms with Gasteiger partial charge in [-0.3, -0.25) is 9.88 Å². The van der Waals surface area contributed by atoms with Crippen molar-refractivity contribution in [2.75, 3.05) is 18.5 Å². The SMILES string of the molecule is CCOC(=O)Nc1ccn([C@]2(CO[SiH](C)C)O[C@H](C(C)(C)C)[C@@H](O)C2(F)F)c(=O)n1. The van der Waals surface area contributed by atoms with Gasteiger partial charge in [-0.2, -0.15) is 13.8 Å². The van der Waals surface area contributed by atoms with Gasteiger partial charge in [-0.1, -0.05) is 20.8 Å². The smallest absolute Gasteiger partial charge is 0.412 e. The van der Waals surface area contributed by atoms with Crippen molar-refractivity contribution in [3.05, 3.63) is 22.7 Å². The minimum atomic E-state index is -3.85. The van der Waals surface area contributed by atoms with Crippen LogP contribution >= 0.6 is 0 Å². The third kappa shape index (κ3) is 4.56. The Morgan fingerprint density at radius 3 is 2.53 bits per heavy atom. The summed E-state index contributed by atoms with van der Waals surface area (Å²) < 4.78 is 47.5. The van der Waals surface area contributed by atoms with E-state index in [0.29, 0.717) is 4.57 Å². The first kappa shape index (κ1) is 24.4. The molecule has 30 heavy (non-hydrogen) atoms. The first-order chi connectivity index (χ1) is 13.8. The van der Waals surface area contributed by atoms with Gasteiger partial charge in [0.05, 0.1) is 19.3 Å². The van der Waals surface area contributed by atoms with E-state index in [2.05, 4.69) is 10.3 Å². The fourth-order valence-electron chi connectivity index (χ4n) is 3.14. The summed E-state index contributed by atoms with van der Waals surface area (Å²) >= 11 is 0. The Bertz CT molecular complexity index is 829. The summed E-state index contributed by atoms with van der Waals surface area (Å²) in [6.07, 6.45) is -3.24. The molecule has 1 aromatic heterocycles. The lowest BCUT2D eigenvalue weighted by Crippen LogP contribution is -2.58. The molecule has 0 aromatic carbocycles. The number of aromatic nitrogens is 2. The highest BCUT2D eigenvalue weighted by atomic mass is 28.3. The Morgan fingerprint density at radius 1 is 1.43 bits per heavy atom. The number of halogens is 2. The fraction of sp³-hybridized carbons (Fsp3) is 0.722. The van der Waals surface area contributed by atoms with Crippen molar-refractivity contribution >= 4 is 21.0 Å². The second-order valence-corrected chi connectivity index (χ2v) is 10.9. The zero-order chi connectivity index (χ0) is 22.9. The van der Waals surface area contributed by atoms with Crippen molar-refractivity contribution in [1.82, 2.24) is 9.55 Å². The zero-order valence-electron chi connectivity index (χ0n) is 17.9. The van der Waals surface area contributed by atoms with E-state index < -0.39 is 56.7 Å². The maximum absolute atomic E-state index is 15.4. The predicted molar refractivity (Wildman–Crippen MR) is 107 cm³/mol. The van der Waals surface area contributed by atoms with Crippen molar-refractivity contribution in [3.63, 3.8) is 0 Å².